The molecule has 0 radical (unpaired) electrons. The highest BCUT2D eigenvalue weighted by Crippen LogP contribution is 2.33. The SMILES string of the molecule is CCN1CCC(CCNC(=NC)NCC2CCCOC2c2ccc(C)cc2)CC1. The number of piperidine rings is 1. The first-order valence-corrected chi connectivity index (χ1v) is 11.5. The van der Waals surface area contributed by atoms with E-state index in [2.05, 4.69) is 58.6 Å². The van der Waals surface area contributed by atoms with E-state index in [1.807, 2.05) is 7.05 Å². The Kier molecular flexibility index (Phi) is 8.81. The molecule has 162 valence electrons. The number of rotatable bonds is 7. The molecule has 5 heteroatoms. The summed E-state index contributed by atoms with van der Waals surface area (Å²) in [4.78, 5) is 6.99. The number of nitrogens with one attached hydrogen (secondary N) is 2. The third-order valence-corrected chi connectivity index (χ3v) is 6.61. The lowest BCUT2D eigenvalue weighted by Gasteiger charge is -2.33. The number of likely N-dealkylation sites (tertiary alicyclic amines) is 1. The molecule has 2 N–H and O–H groups in total. The quantitative estimate of drug-likeness (QED) is 0.541. The average molecular weight is 401 g/mol. The van der Waals surface area contributed by atoms with E-state index in [4.69, 9.17) is 4.74 Å². The minimum absolute atomic E-state index is 0.179. The van der Waals surface area contributed by atoms with Crippen LogP contribution in [0.25, 0.3) is 0 Å². The summed E-state index contributed by atoms with van der Waals surface area (Å²) in [5.74, 6) is 2.24. The van der Waals surface area contributed by atoms with Crippen LogP contribution in [0.4, 0.5) is 0 Å². The lowest BCUT2D eigenvalue weighted by atomic mass is 9.89. The number of nitrogens with zero attached hydrogens (tertiary/aromatic N) is 2. The van der Waals surface area contributed by atoms with E-state index in [-0.39, 0.29) is 6.10 Å². The van der Waals surface area contributed by atoms with Gasteiger partial charge >= 0.3 is 0 Å². The minimum atomic E-state index is 0.179. The fourth-order valence-electron chi connectivity index (χ4n) is 4.61. The summed E-state index contributed by atoms with van der Waals surface area (Å²) in [7, 11) is 1.86. The molecule has 0 aliphatic carbocycles. The molecule has 2 aliphatic heterocycles. The largest absolute Gasteiger partial charge is 0.373 e. The smallest absolute Gasteiger partial charge is 0.190 e. The fraction of sp³-hybridized carbons (Fsp3) is 0.708. The molecule has 0 aromatic heterocycles. The lowest BCUT2D eigenvalue weighted by molar-refractivity contribution is -0.0265. The van der Waals surface area contributed by atoms with Crippen LogP contribution >= 0.6 is 0 Å². The lowest BCUT2D eigenvalue weighted by Crippen LogP contribution is -2.43. The molecule has 2 atom stereocenters. The van der Waals surface area contributed by atoms with Gasteiger partial charge < -0.3 is 20.3 Å². The van der Waals surface area contributed by atoms with Crippen molar-refractivity contribution in [3.63, 3.8) is 0 Å². The average Bonchev–Trinajstić information content (AvgIpc) is 2.77. The predicted molar refractivity (Wildman–Crippen MR) is 121 cm³/mol. The third-order valence-electron chi connectivity index (χ3n) is 6.61. The first-order valence-electron chi connectivity index (χ1n) is 11.5. The number of benzene rings is 1. The maximum absolute atomic E-state index is 6.16. The first-order chi connectivity index (χ1) is 14.2. The zero-order valence-electron chi connectivity index (χ0n) is 18.6. The van der Waals surface area contributed by atoms with Gasteiger partial charge in [0.25, 0.3) is 0 Å². The Morgan fingerprint density at radius 2 is 1.90 bits per heavy atom. The van der Waals surface area contributed by atoms with E-state index < -0.39 is 0 Å². The van der Waals surface area contributed by atoms with E-state index in [0.717, 1.165) is 38.0 Å². The highest BCUT2D eigenvalue weighted by atomic mass is 16.5. The molecule has 5 nitrogen and oxygen atoms in total. The number of hydrogen-bond donors (Lipinski definition) is 2. The highest BCUT2D eigenvalue weighted by Gasteiger charge is 2.27. The van der Waals surface area contributed by atoms with Crippen LogP contribution in [0.3, 0.4) is 0 Å². The maximum atomic E-state index is 6.16. The molecule has 1 aromatic carbocycles. The van der Waals surface area contributed by atoms with Crippen LogP contribution in [0.15, 0.2) is 29.3 Å². The summed E-state index contributed by atoms with van der Waals surface area (Å²) in [6.07, 6.45) is 6.41. The van der Waals surface area contributed by atoms with Gasteiger partial charge in [-0.25, -0.2) is 0 Å². The second kappa shape index (κ2) is 11.6. The molecule has 2 unspecified atom stereocenters. The minimum Gasteiger partial charge on any atom is -0.373 e. The van der Waals surface area contributed by atoms with Crippen molar-refractivity contribution < 1.29 is 4.74 Å². The maximum Gasteiger partial charge on any atom is 0.190 e. The molecule has 2 saturated heterocycles. The van der Waals surface area contributed by atoms with Gasteiger partial charge in [-0.3, -0.25) is 4.99 Å². The zero-order valence-corrected chi connectivity index (χ0v) is 18.6. The molecule has 2 heterocycles. The van der Waals surface area contributed by atoms with Crippen LogP contribution in [-0.2, 0) is 4.74 Å². The van der Waals surface area contributed by atoms with Crippen LogP contribution in [-0.4, -0.2) is 57.2 Å². The van der Waals surface area contributed by atoms with Crippen LogP contribution in [0.2, 0.25) is 0 Å². The van der Waals surface area contributed by atoms with Crippen molar-refractivity contribution >= 4 is 5.96 Å². The molecule has 2 aliphatic rings. The Labute approximate surface area is 177 Å². The van der Waals surface area contributed by atoms with Crippen molar-refractivity contribution in [1.29, 1.82) is 0 Å². The molecule has 3 rings (SSSR count). The van der Waals surface area contributed by atoms with Crippen LogP contribution in [0, 0.1) is 18.8 Å². The standard InChI is InChI=1S/C24H40N4O/c1-4-28-15-12-20(13-16-28)11-14-26-24(25-3)27-18-22-6-5-17-29-23(22)21-9-7-19(2)8-10-21/h7-10,20,22-23H,4-6,11-18H2,1-3H3,(H2,25,26,27). The summed E-state index contributed by atoms with van der Waals surface area (Å²) in [6.45, 7) is 10.9. The number of aliphatic imine (C=N–C) groups is 1. The normalized spacial score (nSPS) is 24.4. The van der Waals surface area contributed by atoms with Gasteiger partial charge in [0.1, 0.15) is 0 Å². The van der Waals surface area contributed by atoms with Crippen molar-refractivity contribution in [3.8, 4) is 0 Å². The molecule has 29 heavy (non-hydrogen) atoms. The molecule has 2 fully saturated rings. The zero-order chi connectivity index (χ0) is 20.5. The van der Waals surface area contributed by atoms with E-state index in [1.165, 1.54) is 56.4 Å². The van der Waals surface area contributed by atoms with Crippen LogP contribution in [0.5, 0.6) is 0 Å². The fourth-order valence-corrected chi connectivity index (χ4v) is 4.61. The Morgan fingerprint density at radius 3 is 2.59 bits per heavy atom. The van der Waals surface area contributed by atoms with Gasteiger partial charge in [0.15, 0.2) is 5.96 Å². The van der Waals surface area contributed by atoms with E-state index in [0.29, 0.717) is 5.92 Å². The molecule has 0 amide bonds. The van der Waals surface area contributed by atoms with E-state index in [9.17, 15) is 0 Å². The second-order valence-corrected chi connectivity index (χ2v) is 8.65. The second-order valence-electron chi connectivity index (χ2n) is 8.65. The van der Waals surface area contributed by atoms with Crippen molar-refractivity contribution in [3.05, 3.63) is 35.4 Å². The van der Waals surface area contributed by atoms with Crippen molar-refractivity contribution in [1.82, 2.24) is 15.5 Å². The van der Waals surface area contributed by atoms with E-state index >= 15 is 0 Å². The van der Waals surface area contributed by atoms with Gasteiger partial charge in [-0.05, 0) is 70.1 Å². The monoisotopic (exact) mass is 400 g/mol. The summed E-state index contributed by atoms with van der Waals surface area (Å²) in [6, 6.07) is 8.80. The summed E-state index contributed by atoms with van der Waals surface area (Å²) in [5.41, 5.74) is 2.59. The number of aryl methyl sites for hydroxylation is 1. The first kappa shape index (κ1) is 22.1. The van der Waals surface area contributed by atoms with Crippen molar-refractivity contribution in [2.24, 2.45) is 16.8 Å². The molecule has 1 aromatic rings. The van der Waals surface area contributed by atoms with Crippen molar-refractivity contribution in [2.45, 2.75) is 52.1 Å². The van der Waals surface area contributed by atoms with Gasteiger partial charge in [0.2, 0.25) is 0 Å². The number of hydrogen-bond acceptors (Lipinski definition) is 3. The Morgan fingerprint density at radius 1 is 1.14 bits per heavy atom. The van der Waals surface area contributed by atoms with Crippen LogP contribution < -0.4 is 10.6 Å². The molecule has 0 bridgehead atoms. The van der Waals surface area contributed by atoms with E-state index in [1.54, 1.807) is 0 Å². The molecular formula is C24H40N4O. The molecular weight excluding hydrogens is 360 g/mol. The van der Waals surface area contributed by atoms with Gasteiger partial charge in [-0.15, -0.1) is 0 Å². The summed E-state index contributed by atoms with van der Waals surface area (Å²) < 4.78 is 6.16. The summed E-state index contributed by atoms with van der Waals surface area (Å²) >= 11 is 0. The molecule has 0 spiro atoms. The number of ether oxygens (including phenoxy) is 1. The van der Waals surface area contributed by atoms with Gasteiger partial charge in [0, 0.05) is 32.7 Å². The van der Waals surface area contributed by atoms with Gasteiger partial charge in [-0.1, -0.05) is 36.8 Å². The highest BCUT2D eigenvalue weighted by molar-refractivity contribution is 5.79. The number of guanidine groups is 1. The van der Waals surface area contributed by atoms with Gasteiger partial charge in [-0.2, -0.15) is 0 Å². The third kappa shape index (κ3) is 6.71. The van der Waals surface area contributed by atoms with Crippen LogP contribution in [0.1, 0.15) is 56.3 Å². The Bertz CT molecular complexity index is 622. The predicted octanol–water partition coefficient (Wildman–Crippen LogP) is 3.75. The summed E-state index contributed by atoms with van der Waals surface area (Å²) in [5, 5.41) is 7.08. The Balaban J connectivity index is 1.42. The Hall–Kier alpha value is -1.59. The topological polar surface area (TPSA) is 48.9 Å². The molecule has 0 saturated carbocycles. The van der Waals surface area contributed by atoms with Crippen molar-refractivity contribution in [2.75, 3.05) is 46.4 Å². The van der Waals surface area contributed by atoms with Gasteiger partial charge in [0.05, 0.1) is 6.10 Å².